The van der Waals surface area contributed by atoms with Crippen LogP contribution in [0.2, 0.25) is 0 Å². The molecule has 1 aromatic heterocycles. The van der Waals surface area contributed by atoms with Crippen LogP contribution in [0.5, 0.6) is 5.75 Å². The number of likely N-dealkylation sites (tertiary alicyclic amines) is 1. The number of carboxylic acids is 1. The van der Waals surface area contributed by atoms with Gasteiger partial charge in [-0.15, -0.1) is 0 Å². The molecule has 2 aliphatic rings. The largest absolute Gasteiger partial charge is 0.485 e. The second-order valence-corrected chi connectivity index (χ2v) is 12.1. The zero-order chi connectivity index (χ0) is 30.3. The van der Waals surface area contributed by atoms with Crippen LogP contribution in [-0.2, 0) is 21.4 Å². The van der Waals surface area contributed by atoms with Gasteiger partial charge in [-0.2, -0.15) is 0 Å². The van der Waals surface area contributed by atoms with Gasteiger partial charge in [0.15, 0.2) is 0 Å². The molecule has 1 amide bonds. The van der Waals surface area contributed by atoms with E-state index in [1.807, 2.05) is 45.0 Å². The van der Waals surface area contributed by atoms with Gasteiger partial charge in [-0.05, 0) is 97.5 Å². The highest BCUT2D eigenvalue weighted by atomic mass is 16.6. The number of carboxylic acid groups (broad SMARTS) is 1. The highest BCUT2D eigenvalue weighted by Crippen LogP contribution is 2.53. The second-order valence-electron chi connectivity index (χ2n) is 12.1. The number of benzene rings is 3. The van der Waals surface area contributed by atoms with E-state index in [-0.39, 0.29) is 30.1 Å². The average molecular weight is 580 g/mol. The fourth-order valence-electron chi connectivity index (χ4n) is 6.73. The lowest BCUT2D eigenvalue weighted by atomic mass is 9.73. The summed E-state index contributed by atoms with van der Waals surface area (Å²) in [6, 6.07) is 20.4. The number of aryl methyl sites for hydroxylation is 1. The zero-order valence-corrected chi connectivity index (χ0v) is 24.8. The maximum atomic E-state index is 12.7. The third-order valence-electron chi connectivity index (χ3n) is 8.96. The van der Waals surface area contributed by atoms with E-state index >= 15 is 0 Å². The summed E-state index contributed by atoms with van der Waals surface area (Å²) in [6.07, 6.45) is 3.23. The summed E-state index contributed by atoms with van der Waals surface area (Å²) in [5, 5.41) is 11.5. The number of fused-ring (bicyclic) bond motifs is 3. The van der Waals surface area contributed by atoms with Gasteiger partial charge in [0.25, 0.3) is 0 Å². The summed E-state index contributed by atoms with van der Waals surface area (Å²) in [5.74, 6) is 0.201. The number of hydrogen-bond acceptors (Lipinski definition) is 6. The molecule has 0 saturated carbocycles. The quantitative estimate of drug-likeness (QED) is 0.257. The van der Waals surface area contributed by atoms with Gasteiger partial charge in [0.2, 0.25) is 0 Å². The fourth-order valence-corrected chi connectivity index (χ4v) is 6.73. The normalized spacial score (nSPS) is 17.3. The van der Waals surface area contributed by atoms with E-state index in [2.05, 4.69) is 41.4 Å². The Morgan fingerprint density at radius 1 is 1.07 bits per heavy atom. The molecule has 2 heterocycles. The maximum Gasteiger partial charge on any atom is 0.410 e. The number of piperidine rings is 1. The van der Waals surface area contributed by atoms with Gasteiger partial charge < -0.3 is 25.2 Å². The van der Waals surface area contributed by atoms with Crippen molar-refractivity contribution in [1.82, 2.24) is 9.88 Å². The summed E-state index contributed by atoms with van der Waals surface area (Å²) in [6.45, 7) is 6.84. The van der Waals surface area contributed by atoms with Gasteiger partial charge in [0.1, 0.15) is 17.7 Å². The lowest BCUT2D eigenvalue weighted by Crippen LogP contribution is -2.45. The molecule has 3 N–H and O–H groups in total. The van der Waals surface area contributed by atoms with Crippen LogP contribution in [0.4, 0.5) is 10.6 Å². The number of nitrogens with two attached hydrogens (primary N) is 1. The predicted molar refractivity (Wildman–Crippen MR) is 166 cm³/mol. The molecule has 0 bridgehead atoms. The van der Waals surface area contributed by atoms with Gasteiger partial charge >= 0.3 is 12.1 Å². The van der Waals surface area contributed by atoms with Gasteiger partial charge in [0, 0.05) is 35.7 Å². The number of ether oxygens (including phenoxy) is 2. The molecule has 1 atom stereocenters. The minimum atomic E-state index is -0.893. The van der Waals surface area contributed by atoms with Gasteiger partial charge in [-0.3, -0.25) is 4.79 Å². The number of nitrogens with zero attached hydrogens (tertiary/aromatic N) is 2. The third kappa shape index (κ3) is 5.49. The summed E-state index contributed by atoms with van der Waals surface area (Å²) >= 11 is 0. The number of pyridine rings is 1. The van der Waals surface area contributed by atoms with E-state index in [0.717, 1.165) is 52.3 Å². The first-order chi connectivity index (χ1) is 20.6. The number of anilines is 1. The molecular formula is C35H37N3O5. The van der Waals surface area contributed by atoms with Crippen molar-refractivity contribution in [2.75, 3.05) is 18.8 Å². The lowest BCUT2D eigenvalue weighted by molar-refractivity contribution is -0.136. The fraction of sp³-hybridized carbons (Fsp3) is 0.343. The molecule has 1 aliphatic heterocycles. The molecule has 0 radical (unpaired) electrons. The number of carbonyl (C=O) groups excluding carboxylic acids is 1. The summed E-state index contributed by atoms with van der Waals surface area (Å²) < 4.78 is 12.2. The Bertz CT molecular complexity index is 1710. The molecule has 222 valence electrons. The minimum Gasteiger partial charge on any atom is -0.485 e. The van der Waals surface area contributed by atoms with Crippen LogP contribution in [0.15, 0.2) is 66.9 Å². The third-order valence-corrected chi connectivity index (χ3v) is 8.96. The molecule has 4 aromatic rings. The van der Waals surface area contributed by atoms with E-state index < -0.39 is 5.97 Å². The Kier molecular flexibility index (Phi) is 7.46. The highest BCUT2D eigenvalue weighted by molar-refractivity contribution is 5.94. The SMILES string of the molecule is Cc1cccc(OC2CC3(CCN(C(=O)OC(C)C)CC3)c3ccc(-c4ccc5ccnc(N)c5c4)cc32)c1CC(=O)O. The highest BCUT2D eigenvalue weighted by Gasteiger charge is 2.47. The minimum absolute atomic E-state index is 0.105. The Balaban J connectivity index is 1.38. The van der Waals surface area contributed by atoms with Crippen LogP contribution in [0.3, 0.4) is 0 Å². The van der Waals surface area contributed by atoms with Gasteiger partial charge in [0.05, 0.1) is 12.5 Å². The van der Waals surface area contributed by atoms with E-state index in [1.54, 1.807) is 11.1 Å². The molecular weight excluding hydrogens is 542 g/mol. The standard InChI is InChI=1S/C35H37N3O5/c1-21(2)42-34(41)38-15-12-35(13-16-38)20-31(43-30-6-4-5-22(3)26(30)19-32(39)40)28-18-25(9-10-29(28)35)24-8-7-23-11-14-37-33(36)27(23)17-24/h4-11,14,17-18,21,31H,12-13,15-16,19-20H2,1-3H3,(H2,36,37)(H,39,40). The summed E-state index contributed by atoms with van der Waals surface area (Å²) in [7, 11) is 0. The van der Waals surface area contributed by atoms with Gasteiger partial charge in [-0.25, -0.2) is 9.78 Å². The van der Waals surface area contributed by atoms with Crippen molar-refractivity contribution in [3.05, 3.63) is 89.1 Å². The molecule has 43 heavy (non-hydrogen) atoms. The van der Waals surface area contributed by atoms with Crippen molar-refractivity contribution in [2.24, 2.45) is 0 Å². The van der Waals surface area contributed by atoms with E-state index in [0.29, 0.717) is 30.2 Å². The van der Waals surface area contributed by atoms with Crippen LogP contribution in [0, 0.1) is 6.92 Å². The smallest absolute Gasteiger partial charge is 0.410 e. The van der Waals surface area contributed by atoms with E-state index in [1.165, 1.54) is 5.56 Å². The van der Waals surface area contributed by atoms with E-state index in [9.17, 15) is 14.7 Å². The first-order valence-electron chi connectivity index (χ1n) is 14.8. The monoisotopic (exact) mass is 579 g/mol. The molecule has 8 heteroatoms. The Labute approximate surface area is 251 Å². The Morgan fingerprint density at radius 3 is 2.56 bits per heavy atom. The number of carbonyl (C=O) groups is 2. The molecule has 1 saturated heterocycles. The Morgan fingerprint density at radius 2 is 1.81 bits per heavy atom. The molecule has 1 spiro atoms. The number of aromatic nitrogens is 1. The first kappa shape index (κ1) is 28.5. The van der Waals surface area contributed by atoms with Gasteiger partial charge in [-0.1, -0.05) is 36.4 Å². The van der Waals surface area contributed by atoms with Crippen molar-refractivity contribution in [3.63, 3.8) is 0 Å². The van der Waals surface area contributed by atoms with Crippen molar-refractivity contribution >= 4 is 28.7 Å². The van der Waals surface area contributed by atoms with Crippen molar-refractivity contribution in [3.8, 4) is 16.9 Å². The number of aliphatic carboxylic acids is 1. The number of nitrogen functional groups attached to an aromatic ring is 1. The van der Waals surface area contributed by atoms with Crippen LogP contribution in [0.25, 0.3) is 21.9 Å². The molecule has 1 aliphatic carbocycles. The molecule has 1 unspecified atom stereocenters. The van der Waals surface area contributed by atoms with Crippen LogP contribution in [0.1, 0.15) is 61.5 Å². The van der Waals surface area contributed by atoms with Crippen LogP contribution in [-0.4, -0.2) is 46.2 Å². The number of amides is 1. The second kappa shape index (κ2) is 11.2. The van der Waals surface area contributed by atoms with Crippen LogP contribution < -0.4 is 10.5 Å². The lowest BCUT2D eigenvalue weighted by Gasteiger charge is -2.40. The first-order valence-corrected chi connectivity index (χ1v) is 14.8. The number of hydrogen-bond donors (Lipinski definition) is 2. The molecule has 1 fully saturated rings. The van der Waals surface area contributed by atoms with Crippen molar-refractivity contribution in [2.45, 2.75) is 64.1 Å². The van der Waals surface area contributed by atoms with Crippen LogP contribution >= 0.6 is 0 Å². The van der Waals surface area contributed by atoms with E-state index in [4.69, 9.17) is 15.2 Å². The molecule has 8 nitrogen and oxygen atoms in total. The molecule has 3 aromatic carbocycles. The summed E-state index contributed by atoms with van der Waals surface area (Å²) in [4.78, 5) is 30.4. The molecule has 6 rings (SSSR count). The maximum absolute atomic E-state index is 12.7. The van der Waals surface area contributed by atoms with Crippen molar-refractivity contribution in [1.29, 1.82) is 0 Å². The average Bonchev–Trinajstić information content (AvgIpc) is 3.26. The Hall–Kier alpha value is -4.59. The predicted octanol–water partition coefficient (Wildman–Crippen LogP) is 6.82. The zero-order valence-electron chi connectivity index (χ0n) is 24.8. The number of rotatable bonds is 6. The summed E-state index contributed by atoms with van der Waals surface area (Å²) in [5.41, 5.74) is 12.0. The van der Waals surface area contributed by atoms with Crippen molar-refractivity contribution < 1.29 is 24.2 Å². The topological polar surface area (TPSA) is 115 Å².